The van der Waals surface area contributed by atoms with Gasteiger partial charge in [0.25, 0.3) is 0 Å². The van der Waals surface area contributed by atoms with Crippen molar-refractivity contribution in [2.75, 3.05) is 11.9 Å². The molecule has 1 aliphatic rings. The molecule has 1 N–H and O–H groups in total. The molecule has 5 heteroatoms. The zero-order valence-corrected chi connectivity index (χ0v) is 10.9. The van der Waals surface area contributed by atoms with Crippen LogP contribution in [0, 0.1) is 28.6 Å². The van der Waals surface area contributed by atoms with Crippen molar-refractivity contribution < 1.29 is 4.74 Å². The maximum atomic E-state index is 8.60. The van der Waals surface area contributed by atoms with Gasteiger partial charge in [0.15, 0.2) is 0 Å². The molecule has 1 fully saturated rings. The molecule has 4 nitrogen and oxygen atoms in total. The van der Waals surface area contributed by atoms with Crippen LogP contribution in [-0.2, 0) is 0 Å². The molecule has 0 unspecified atom stereocenters. The number of ether oxygens (including phenoxy) is 1. The van der Waals surface area contributed by atoms with E-state index in [0.717, 1.165) is 0 Å². The van der Waals surface area contributed by atoms with Crippen LogP contribution in [0.25, 0.3) is 0 Å². The van der Waals surface area contributed by atoms with Crippen LogP contribution in [0.4, 0.5) is 5.69 Å². The van der Waals surface area contributed by atoms with Gasteiger partial charge in [-0.15, -0.1) is 0 Å². The molecule has 0 amide bonds. The third-order valence-electron chi connectivity index (χ3n) is 2.73. The van der Waals surface area contributed by atoms with Crippen LogP contribution in [0.2, 0.25) is 5.02 Å². The van der Waals surface area contributed by atoms with E-state index in [-0.39, 0.29) is 5.57 Å². The standard InChI is InChI=1S/C14H12ClN3O/c15-13-5-12(18-8-11(6-16)7-17)3-4-14(13)19-9-10-1-2-10/h3-5,8,10,18H,1-2,9H2. The first-order valence-electron chi connectivity index (χ1n) is 5.92. The van der Waals surface area contributed by atoms with Crippen molar-refractivity contribution in [2.24, 2.45) is 5.92 Å². The second-order valence-corrected chi connectivity index (χ2v) is 4.73. The lowest BCUT2D eigenvalue weighted by Crippen LogP contribution is -1.99. The van der Waals surface area contributed by atoms with Gasteiger partial charge in [0, 0.05) is 11.9 Å². The van der Waals surface area contributed by atoms with E-state index in [1.807, 2.05) is 0 Å². The Morgan fingerprint density at radius 2 is 2.16 bits per heavy atom. The van der Waals surface area contributed by atoms with Crippen LogP contribution in [0.5, 0.6) is 5.75 Å². The summed E-state index contributed by atoms with van der Waals surface area (Å²) in [4.78, 5) is 0. The van der Waals surface area contributed by atoms with Gasteiger partial charge in [-0.3, -0.25) is 0 Å². The first-order valence-corrected chi connectivity index (χ1v) is 6.30. The second-order valence-electron chi connectivity index (χ2n) is 4.33. The molecule has 0 saturated heterocycles. The SMILES string of the molecule is N#CC(C#N)=CNc1ccc(OCC2CC2)c(Cl)c1. The molecular weight excluding hydrogens is 262 g/mol. The maximum absolute atomic E-state index is 8.60. The van der Waals surface area contributed by atoms with E-state index < -0.39 is 0 Å². The molecule has 1 saturated carbocycles. The number of benzene rings is 1. The van der Waals surface area contributed by atoms with Crippen LogP contribution in [0.3, 0.4) is 0 Å². The number of hydrogen-bond acceptors (Lipinski definition) is 4. The van der Waals surface area contributed by atoms with E-state index in [9.17, 15) is 0 Å². The Labute approximate surface area is 116 Å². The molecule has 0 atom stereocenters. The number of allylic oxidation sites excluding steroid dienone is 1. The minimum Gasteiger partial charge on any atom is -0.492 e. The minimum absolute atomic E-state index is 0.00480. The van der Waals surface area contributed by atoms with Gasteiger partial charge in [-0.25, -0.2) is 0 Å². The van der Waals surface area contributed by atoms with Gasteiger partial charge in [0.05, 0.1) is 11.6 Å². The molecule has 1 aliphatic carbocycles. The van der Waals surface area contributed by atoms with Crippen molar-refractivity contribution in [2.45, 2.75) is 12.8 Å². The van der Waals surface area contributed by atoms with Gasteiger partial charge >= 0.3 is 0 Å². The van der Waals surface area contributed by atoms with Crippen molar-refractivity contribution in [3.05, 3.63) is 35.0 Å². The average Bonchev–Trinajstić information content (AvgIpc) is 3.23. The Morgan fingerprint density at radius 3 is 2.74 bits per heavy atom. The summed E-state index contributed by atoms with van der Waals surface area (Å²) in [5.41, 5.74) is 0.706. The summed E-state index contributed by atoms with van der Waals surface area (Å²) in [7, 11) is 0. The third kappa shape index (κ3) is 3.91. The van der Waals surface area contributed by atoms with Crippen molar-refractivity contribution in [3.8, 4) is 17.9 Å². The highest BCUT2D eigenvalue weighted by Gasteiger charge is 2.22. The molecule has 19 heavy (non-hydrogen) atoms. The molecule has 0 aromatic heterocycles. The van der Waals surface area contributed by atoms with Crippen molar-refractivity contribution in [1.29, 1.82) is 10.5 Å². The van der Waals surface area contributed by atoms with Gasteiger partial charge in [0.1, 0.15) is 23.5 Å². The van der Waals surface area contributed by atoms with Gasteiger partial charge in [0.2, 0.25) is 0 Å². The highest BCUT2D eigenvalue weighted by atomic mass is 35.5. The van der Waals surface area contributed by atoms with E-state index in [1.165, 1.54) is 19.0 Å². The maximum Gasteiger partial charge on any atom is 0.145 e. The number of halogens is 1. The lowest BCUT2D eigenvalue weighted by Gasteiger charge is -2.09. The molecule has 1 aromatic rings. The molecule has 96 valence electrons. The fraction of sp³-hybridized carbons (Fsp3) is 0.286. The zero-order valence-electron chi connectivity index (χ0n) is 10.2. The monoisotopic (exact) mass is 273 g/mol. The van der Waals surface area contributed by atoms with E-state index in [4.69, 9.17) is 26.9 Å². The fourth-order valence-corrected chi connectivity index (χ4v) is 1.68. The smallest absolute Gasteiger partial charge is 0.145 e. The summed E-state index contributed by atoms with van der Waals surface area (Å²) in [5.74, 6) is 1.33. The Hall–Kier alpha value is -2.17. The predicted octanol–water partition coefficient (Wildman–Crippen LogP) is 3.47. The largest absolute Gasteiger partial charge is 0.492 e. The lowest BCUT2D eigenvalue weighted by molar-refractivity contribution is 0.300. The first kappa shape index (κ1) is 13.3. The van der Waals surface area contributed by atoms with Crippen LogP contribution >= 0.6 is 11.6 Å². The quantitative estimate of drug-likeness (QED) is 0.834. The summed E-state index contributed by atoms with van der Waals surface area (Å²) in [5, 5.41) is 20.6. The topological polar surface area (TPSA) is 68.8 Å². The van der Waals surface area contributed by atoms with Gasteiger partial charge in [-0.1, -0.05) is 11.6 Å². The first-order chi connectivity index (χ1) is 9.22. The molecule has 0 radical (unpaired) electrons. The number of nitrogens with zero attached hydrogens (tertiary/aromatic N) is 2. The molecule has 0 spiro atoms. The number of nitrogens with one attached hydrogen (secondary N) is 1. The Balaban J connectivity index is 2.00. The van der Waals surface area contributed by atoms with Gasteiger partial charge < -0.3 is 10.1 Å². The van der Waals surface area contributed by atoms with Crippen LogP contribution in [0.1, 0.15) is 12.8 Å². The summed E-state index contributed by atoms with van der Waals surface area (Å²) in [6.07, 6.45) is 3.80. The van der Waals surface area contributed by atoms with Gasteiger partial charge in [-0.05, 0) is 37.0 Å². The Kier molecular flexibility index (Phi) is 4.28. The van der Waals surface area contributed by atoms with Crippen LogP contribution < -0.4 is 10.1 Å². The number of hydrogen-bond donors (Lipinski definition) is 1. The van der Waals surface area contributed by atoms with Crippen molar-refractivity contribution in [1.82, 2.24) is 0 Å². The predicted molar refractivity (Wildman–Crippen MR) is 72.6 cm³/mol. The van der Waals surface area contributed by atoms with Crippen molar-refractivity contribution in [3.63, 3.8) is 0 Å². The van der Waals surface area contributed by atoms with E-state index >= 15 is 0 Å². The highest BCUT2D eigenvalue weighted by Crippen LogP contribution is 2.32. The molecule has 0 aliphatic heterocycles. The molecule has 2 rings (SSSR count). The Bertz CT molecular complexity index is 563. The third-order valence-corrected chi connectivity index (χ3v) is 3.02. The van der Waals surface area contributed by atoms with Crippen LogP contribution in [-0.4, -0.2) is 6.61 Å². The average molecular weight is 274 g/mol. The lowest BCUT2D eigenvalue weighted by atomic mass is 10.3. The highest BCUT2D eigenvalue weighted by molar-refractivity contribution is 6.32. The van der Waals surface area contributed by atoms with Gasteiger partial charge in [-0.2, -0.15) is 10.5 Å². The molecule has 0 heterocycles. The number of nitriles is 2. The number of anilines is 1. The van der Waals surface area contributed by atoms with E-state index in [0.29, 0.717) is 29.0 Å². The fourth-order valence-electron chi connectivity index (χ4n) is 1.44. The van der Waals surface area contributed by atoms with Crippen molar-refractivity contribution >= 4 is 17.3 Å². The Morgan fingerprint density at radius 1 is 1.42 bits per heavy atom. The summed E-state index contributed by atoms with van der Waals surface area (Å²) in [6.45, 7) is 0.708. The number of rotatable bonds is 5. The van der Waals surface area contributed by atoms with E-state index in [2.05, 4.69) is 5.32 Å². The zero-order chi connectivity index (χ0) is 13.7. The molecule has 0 bridgehead atoms. The van der Waals surface area contributed by atoms with Crippen LogP contribution in [0.15, 0.2) is 30.0 Å². The molecule has 1 aromatic carbocycles. The summed E-state index contributed by atoms with van der Waals surface area (Å²) < 4.78 is 5.60. The molecular formula is C14H12ClN3O. The summed E-state index contributed by atoms with van der Waals surface area (Å²) >= 11 is 6.10. The summed E-state index contributed by atoms with van der Waals surface area (Å²) in [6, 6.07) is 8.80. The van der Waals surface area contributed by atoms with E-state index in [1.54, 1.807) is 30.3 Å². The minimum atomic E-state index is 0.00480. The normalized spacial score (nSPS) is 13.0. The second kappa shape index (κ2) is 6.13.